The molecule has 0 spiro atoms. The third kappa shape index (κ3) is 4.72. The topological polar surface area (TPSA) is 64.3 Å². The summed E-state index contributed by atoms with van der Waals surface area (Å²) in [5, 5.41) is 14.4. The maximum absolute atomic E-state index is 13.4. The van der Waals surface area contributed by atoms with Crippen LogP contribution in [0.1, 0.15) is 50.7 Å². The number of rotatable bonds is 8. The van der Waals surface area contributed by atoms with Gasteiger partial charge in [0, 0.05) is 53.7 Å². The highest BCUT2D eigenvalue weighted by Crippen LogP contribution is 2.35. The molecule has 0 amide bonds. The van der Waals surface area contributed by atoms with Gasteiger partial charge in [-0.15, -0.1) is 0 Å². The highest BCUT2D eigenvalue weighted by molar-refractivity contribution is 6.54. The molecular weight excluding hydrogens is 472 g/mol. The molecule has 5 nitrogen and oxygen atoms in total. The number of ketones is 2. The van der Waals surface area contributed by atoms with Gasteiger partial charge in [-0.1, -0.05) is 62.8 Å². The van der Waals surface area contributed by atoms with Crippen LogP contribution < -0.4 is 14.6 Å². The van der Waals surface area contributed by atoms with E-state index in [4.69, 9.17) is 0 Å². The van der Waals surface area contributed by atoms with Crippen molar-refractivity contribution in [1.29, 1.82) is 0 Å². The van der Waals surface area contributed by atoms with Gasteiger partial charge in [0.2, 0.25) is 17.1 Å². The Morgan fingerprint density at radius 3 is 2.47 bits per heavy atom. The molecule has 1 aliphatic heterocycles. The summed E-state index contributed by atoms with van der Waals surface area (Å²) in [4.78, 5) is 28.2. The summed E-state index contributed by atoms with van der Waals surface area (Å²) in [6.07, 6.45) is 13.3. The van der Waals surface area contributed by atoms with Gasteiger partial charge in [0.1, 0.15) is 6.54 Å². The second kappa shape index (κ2) is 11.0. The van der Waals surface area contributed by atoms with Crippen molar-refractivity contribution in [3.8, 4) is 0 Å². The number of allylic oxidation sites excluding steroid dienone is 5. The monoisotopic (exact) mass is 504 g/mol. The highest BCUT2D eigenvalue weighted by Gasteiger charge is 2.31. The van der Waals surface area contributed by atoms with E-state index in [2.05, 4.69) is 23.3 Å². The molecule has 0 bridgehead atoms. The van der Waals surface area contributed by atoms with Crippen LogP contribution in [0, 0.1) is 0 Å². The predicted molar refractivity (Wildman–Crippen MR) is 150 cm³/mol. The van der Waals surface area contributed by atoms with Crippen LogP contribution in [0.2, 0.25) is 0 Å². The van der Waals surface area contributed by atoms with E-state index in [1.165, 1.54) is 0 Å². The Bertz CT molecular complexity index is 1540. The minimum Gasteiger partial charge on any atom is -0.871 e. The lowest BCUT2D eigenvalue weighted by molar-refractivity contribution is -0.671. The number of benzene rings is 2. The minimum atomic E-state index is -0.744. The maximum atomic E-state index is 13.4. The number of fused-ring (bicyclic) bond motifs is 2. The van der Waals surface area contributed by atoms with Gasteiger partial charge in [0.15, 0.2) is 6.20 Å². The number of aromatic nitrogens is 1. The Morgan fingerprint density at radius 1 is 0.895 bits per heavy atom. The van der Waals surface area contributed by atoms with Crippen LogP contribution in [0.25, 0.3) is 22.6 Å². The van der Waals surface area contributed by atoms with Crippen LogP contribution in [-0.2, 0) is 16.1 Å². The van der Waals surface area contributed by atoms with Gasteiger partial charge in [-0.3, -0.25) is 9.59 Å². The van der Waals surface area contributed by atoms with Crippen LogP contribution in [-0.4, -0.2) is 18.1 Å². The second-order valence-corrected chi connectivity index (χ2v) is 9.77. The zero-order chi connectivity index (χ0) is 26.6. The molecule has 38 heavy (non-hydrogen) atoms. The fourth-order valence-corrected chi connectivity index (χ4v) is 5.08. The second-order valence-electron chi connectivity index (χ2n) is 9.77. The summed E-state index contributed by atoms with van der Waals surface area (Å²) in [6, 6.07) is 17.8. The number of carbonyl (C=O) groups is 2. The lowest BCUT2D eigenvalue weighted by atomic mass is 9.97. The number of hydrogen-bond donors (Lipinski definition) is 0. The number of hydrogen-bond acceptors (Lipinski definition) is 4. The highest BCUT2D eigenvalue weighted by atomic mass is 16.3. The average Bonchev–Trinajstić information content (AvgIpc) is 3.14. The largest absolute Gasteiger partial charge is 0.871 e. The molecule has 1 aromatic heterocycles. The molecule has 5 heteroatoms. The van der Waals surface area contributed by atoms with Crippen LogP contribution in [0.5, 0.6) is 0 Å². The van der Waals surface area contributed by atoms with Gasteiger partial charge in [-0.05, 0) is 47.9 Å². The quantitative estimate of drug-likeness (QED) is 0.237. The molecule has 0 N–H and O–H groups in total. The van der Waals surface area contributed by atoms with Gasteiger partial charge in [-0.25, -0.2) is 0 Å². The standard InChI is InChI=1S/C33H32N2O3/c1-3-5-17-34-19-15-23(25-11-7-9-13-29(25)34)21-27-31(36)28(33(38)32(27)37)22-24-16-20-35(18-6-4-2)30-14-10-8-12-26(24)30/h7-16,19-22H,3-6,17-18H2,1-2H3. The summed E-state index contributed by atoms with van der Waals surface area (Å²) in [6.45, 7) is 6.09. The van der Waals surface area contributed by atoms with Crippen molar-refractivity contribution in [2.75, 3.05) is 11.4 Å². The van der Waals surface area contributed by atoms with E-state index >= 15 is 0 Å². The smallest absolute Gasteiger partial charge is 0.232 e. The molecule has 0 fully saturated rings. The lowest BCUT2D eigenvalue weighted by Gasteiger charge is -2.27. The van der Waals surface area contributed by atoms with Crippen molar-refractivity contribution in [2.24, 2.45) is 0 Å². The molecule has 0 saturated heterocycles. The van der Waals surface area contributed by atoms with Gasteiger partial charge in [0.05, 0.1) is 5.39 Å². The van der Waals surface area contributed by atoms with E-state index in [0.29, 0.717) is 0 Å². The Morgan fingerprint density at radius 2 is 1.66 bits per heavy atom. The number of unbranched alkanes of at least 4 members (excludes halogenated alkanes) is 2. The molecular formula is C33H32N2O3. The molecule has 5 rings (SSSR count). The number of anilines is 1. The third-order valence-corrected chi connectivity index (χ3v) is 7.21. The zero-order valence-electron chi connectivity index (χ0n) is 21.9. The first-order chi connectivity index (χ1) is 18.5. The van der Waals surface area contributed by atoms with E-state index in [-0.39, 0.29) is 11.1 Å². The van der Waals surface area contributed by atoms with E-state index in [9.17, 15) is 14.7 Å². The zero-order valence-corrected chi connectivity index (χ0v) is 21.9. The fraction of sp³-hybridized carbons (Fsp3) is 0.242. The molecule has 1 aliphatic carbocycles. The van der Waals surface area contributed by atoms with Crippen LogP contribution in [0.4, 0.5) is 5.69 Å². The van der Waals surface area contributed by atoms with Crippen molar-refractivity contribution in [3.05, 3.63) is 107 Å². The van der Waals surface area contributed by atoms with Gasteiger partial charge in [-0.2, -0.15) is 4.57 Å². The maximum Gasteiger partial charge on any atom is 0.232 e. The molecule has 2 aromatic carbocycles. The lowest BCUT2D eigenvalue weighted by Crippen LogP contribution is -2.34. The summed E-state index contributed by atoms with van der Waals surface area (Å²) >= 11 is 0. The van der Waals surface area contributed by atoms with E-state index < -0.39 is 17.3 Å². The molecule has 2 heterocycles. The minimum absolute atomic E-state index is 0.0732. The normalized spacial score (nSPS) is 17.4. The summed E-state index contributed by atoms with van der Waals surface area (Å²) < 4.78 is 2.18. The third-order valence-electron chi connectivity index (χ3n) is 7.21. The van der Waals surface area contributed by atoms with Gasteiger partial charge >= 0.3 is 0 Å². The van der Waals surface area contributed by atoms with Gasteiger partial charge < -0.3 is 10.0 Å². The molecule has 0 atom stereocenters. The Kier molecular flexibility index (Phi) is 7.36. The van der Waals surface area contributed by atoms with Crippen molar-refractivity contribution in [1.82, 2.24) is 0 Å². The molecule has 0 unspecified atom stereocenters. The van der Waals surface area contributed by atoms with Crippen LogP contribution >= 0.6 is 0 Å². The number of aryl methyl sites for hydroxylation is 1. The van der Waals surface area contributed by atoms with Gasteiger partial charge in [0.25, 0.3) is 0 Å². The molecule has 192 valence electrons. The van der Waals surface area contributed by atoms with Crippen molar-refractivity contribution in [2.45, 2.75) is 46.1 Å². The summed E-state index contributed by atoms with van der Waals surface area (Å²) in [5.41, 5.74) is 4.36. The number of carbonyl (C=O) groups excluding carboxylic acids is 2. The first-order valence-electron chi connectivity index (χ1n) is 13.4. The van der Waals surface area contributed by atoms with E-state index in [1.807, 2.05) is 73.1 Å². The van der Waals surface area contributed by atoms with Crippen molar-refractivity contribution >= 4 is 39.8 Å². The number of para-hydroxylation sites is 2. The number of Topliss-reactive ketones (excluding diaryl/α,β-unsaturated/α-hetero) is 2. The Hall–Kier alpha value is -4.25. The Labute approximate surface area is 223 Å². The molecule has 3 aromatic rings. The number of pyridine rings is 1. The van der Waals surface area contributed by atoms with E-state index in [1.54, 1.807) is 12.2 Å². The first kappa shape index (κ1) is 25.4. The first-order valence-corrected chi connectivity index (χ1v) is 13.4. The molecule has 0 radical (unpaired) electrons. The van der Waals surface area contributed by atoms with E-state index in [0.717, 1.165) is 72.1 Å². The molecule has 0 saturated carbocycles. The molecule has 2 aliphatic rings. The van der Waals surface area contributed by atoms with Crippen LogP contribution in [0.3, 0.4) is 0 Å². The summed E-state index contributed by atoms with van der Waals surface area (Å²) in [5.74, 6) is -2.00. The average molecular weight is 505 g/mol. The number of nitrogens with zero attached hydrogens (tertiary/aromatic N) is 2. The van der Waals surface area contributed by atoms with Crippen molar-refractivity contribution < 1.29 is 19.3 Å². The van der Waals surface area contributed by atoms with Crippen molar-refractivity contribution in [3.63, 3.8) is 0 Å². The SMILES string of the molecule is CCCCN1C=CC(=CC2=C([O-])C(=Cc3cc[n+](CCCC)c4ccccc34)C(=O)C2=O)c2ccccc21. The Balaban J connectivity index is 1.55. The fourth-order valence-electron chi connectivity index (χ4n) is 5.08. The summed E-state index contributed by atoms with van der Waals surface area (Å²) in [7, 11) is 0. The van der Waals surface area contributed by atoms with Crippen LogP contribution in [0.15, 0.2) is 96.1 Å². The predicted octanol–water partition coefficient (Wildman–Crippen LogP) is 5.29.